The van der Waals surface area contributed by atoms with Crippen LogP contribution in [0.2, 0.25) is 0 Å². The monoisotopic (exact) mass is 214 g/mol. The fraction of sp³-hybridized carbons (Fsp3) is 0.909. The predicted molar refractivity (Wildman–Crippen MR) is 59.6 cm³/mol. The minimum absolute atomic E-state index is 0.0258. The predicted octanol–water partition coefficient (Wildman–Crippen LogP) is 0.383. The molecule has 1 saturated heterocycles. The quantitative estimate of drug-likeness (QED) is 0.696. The van der Waals surface area contributed by atoms with Crippen LogP contribution < -0.4 is 10.6 Å². The Balaban J connectivity index is 2.27. The average molecular weight is 214 g/mol. The summed E-state index contributed by atoms with van der Waals surface area (Å²) >= 11 is 0. The SMILES string of the molecule is CNC1COCC1C(=O)NCCC(C)C. The van der Waals surface area contributed by atoms with Crippen LogP contribution in [0.4, 0.5) is 0 Å². The molecule has 0 aromatic rings. The van der Waals surface area contributed by atoms with Gasteiger partial charge in [-0.2, -0.15) is 0 Å². The first-order valence-corrected chi connectivity index (χ1v) is 5.68. The molecule has 1 heterocycles. The number of hydrogen-bond acceptors (Lipinski definition) is 3. The van der Waals surface area contributed by atoms with Crippen molar-refractivity contribution in [2.75, 3.05) is 26.8 Å². The highest BCUT2D eigenvalue weighted by molar-refractivity contribution is 5.79. The van der Waals surface area contributed by atoms with Crippen LogP contribution in [0.25, 0.3) is 0 Å². The van der Waals surface area contributed by atoms with Gasteiger partial charge in [-0.15, -0.1) is 0 Å². The molecule has 4 heteroatoms. The highest BCUT2D eigenvalue weighted by Crippen LogP contribution is 2.13. The van der Waals surface area contributed by atoms with E-state index in [1.807, 2.05) is 7.05 Å². The molecule has 0 radical (unpaired) electrons. The number of amides is 1. The maximum absolute atomic E-state index is 11.8. The third-order valence-corrected chi connectivity index (χ3v) is 2.81. The number of hydrogen-bond donors (Lipinski definition) is 2. The zero-order valence-corrected chi connectivity index (χ0v) is 9.88. The number of carbonyl (C=O) groups excluding carboxylic acids is 1. The van der Waals surface area contributed by atoms with Crippen LogP contribution in [-0.4, -0.2) is 38.8 Å². The Morgan fingerprint density at radius 3 is 2.80 bits per heavy atom. The molecule has 0 saturated carbocycles. The first-order chi connectivity index (χ1) is 7.15. The number of carbonyl (C=O) groups is 1. The Labute approximate surface area is 91.8 Å². The maximum atomic E-state index is 11.8. The molecule has 1 amide bonds. The van der Waals surface area contributed by atoms with Crippen molar-refractivity contribution in [1.82, 2.24) is 10.6 Å². The normalized spacial score (nSPS) is 25.9. The van der Waals surface area contributed by atoms with E-state index in [-0.39, 0.29) is 17.9 Å². The van der Waals surface area contributed by atoms with Crippen molar-refractivity contribution in [1.29, 1.82) is 0 Å². The van der Waals surface area contributed by atoms with Crippen LogP contribution in [0.3, 0.4) is 0 Å². The molecule has 0 aromatic carbocycles. The number of rotatable bonds is 5. The largest absolute Gasteiger partial charge is 0.379 e. The van der Waals surface area contributed by atoms with Crippen molar-refractivity contribution in [3.8, 4) is 0 Å². The summed E-state index contributed by atoms with van der Waals surface area (Å²) in [5.41, 5.74) is 0. The lowest BCUT2D eigenvalue weighted by Crippen LogP contribution is -2.42. The number of ether oxygens (including phenoxy) is 1. The van der Waals surface area contributed by atoms with Crippen molar-refractivity contribution in [2.45, 2.75) is 26.3 Å². The zero-order valence-electron chi connectivity index (χ0n) is 9.88. The summed E-state index contributed by atoms with van der Waals surface area (Å²) in [6.07, 6.45) is 1.03. The highest BCUT2D eigenvalue weighted by Gasteiger charge is 2.32. The van der Waals surface area contributed by atoms with Gasteiger partial charge in [0, 0.05) is 12.6 Å². The van der Waals surface area contributed by atoms with Gasteiger partial charge < -0.3 is 15.4 Å². The van der Waals surface area contributed by atoms with Gasteiger partial charge in [0.15, 0.2) is 0 Å². The van der Waals surface area contributed by atoms with Gasteiger partial charge in [0.2, 0.25) is 5.91 Å². The standard InChI is InChI=1S/C11H22N2O2/c1-8(2)4-5-13-11(14)9-6-15-7-10(9)12-3/h8-10,12H,4-7H2,1-3H3,(H,13,14). The van der Waals surface area contributed by atoms with E-state index >= 15 is 0 Å². The summed E-state index contributed by atoms with van der Waals surface area (Å²) in [7, 11) is 1.87. The van der Waals surface area contributed by atoms with E-state index in [9.17, 15) is 4.79 Å². The lowest BCUT2D eigenvalue weighted by Gasteiger charge is -2.16. The van der Waals surface area contributed by atoms with E-state index in [1.165, 1.54) is 0 Å². The summed E-state index contributed by atoms with van der Waals surface area (Å²) < 4.78 is 5.29. The molecule has 0 aromatic heterocycles. The Bertz CT molecular complexity index is 207. The summed E-state index contributed by atoms with van der Waals surface area (Å²) in [5, 5.41) is 6.07. The first-order valence-electron chi connectivity index (χ1n) is 5.68. The van der Waals surface area contributed by atoms with Crippen LogP contribution in [0.5, 0.6) is 0 Å². The van der Waals surface area contributed by atoms with Crippen LogP contribution >= 0.6 is 0 Å². The molecular formula is C11H22N2O2. The molecule has 2 atom stereocenters. The van der Waals surface area contributed by atoms with Crippen LogP contribution in [0.1, 0.15) is 20.3 Å². The zero-order chi connectivity index (χ0) is 11.3. The van der Waals surface area contributed by atoms with Crippen molar-refractivity contribution >= 4 is 5.91 Å². The molecule has 1 fully saturated rings. The van der Waals surface area contributed by atoms with Crippen LogP contribution in [0, 0.1) is 11.8 Å². The van der Waals surface area contributed by atoms with Crippen molar-refractivity contribution in [3.63, 3.8) is 0 Å². The number of nitrogens with one attached hydrogen (secondary N) is 2. The first kappa shape index (κ1) is 12.5. The fourth-order valence-corrected chi connectivity index (χ4v) is 1.71. The van der Waals surface area contributed by atoms with Crippen molar-refractivity contribution < 1.29 is 9.53 Å². The van der Waals surface area contributed by atoms with Crippen LogP contribution in [-0.2, 0) is 9.53 Å². The lowest BCUT2D eigenvalue weighted by molar-refractivity contribution is -0.125. The van der Waals surface area contributed by atoms with E-state index in [0.29, 0.717) is 19.1 Å². The lowest BCUT2D eigenvalue weighted by atomic mass is 10.0. The Morgan fingerprint density at radius 2 is 2.20 bits per heavy atom. The van der Waals surface area contributed by atoms with Gasteiger partial charge in [-0.05, 0) is 19.4 Å². The molecular weight excluding hydrogens is 192 g/mol. The molecule has 88 valence electrons. The molecule has 1 aliphatic heterocycles. The third-order valence-electron chi connectivity index (χ3n) is 2.81. The smallest absolute Gasteiger partial charge is 0.227 e. The van der Waals surface area contributed by atoms with Gasteiger partial charge in [-0.3, -0.25) is 4.79 Å². The minimum atomic E-state index is -0.0258. The van der Waals surface area contributed by atoms with E-state index in [4.69, 9.17) is 4.74 Å². The highest BCUT2D eigenvalue weighted by atomic mass is 16.5. The number of likely N-dealkylation sites (N-methyl/N-ethyl adjacent to an activating group) is 1. The summed E-state index contributed by atoms with van der Waals surface area (Å²) in [4.78, 5) is 11.8. The second kappa shape index (κ2) is 6.08. The Hall–Kier alpha value is -0.610. The molecule has 0 bridgehead atoms. The molecule has 0 aliphatic carbocycles. The molecule has 2 N–H and O–H groups in total. The van der Waals surface area contributed by atoms with E-state index in [2.05, 4.69) is 24.5 Å². The second-order valence-electron chi connectivity index (χ2n) is 4.51. The summed E-state index contributed by atoms with van der Waals surface area (Å²) in [6.45, 7) is 6.25. The van der Waals surface area contributed by atoms with E-state index < -0.39 is 0 Å². The van der Waals surface area contributed by atoms with E-state index in [0.717, 1.165) is 13.0 Å². The molecule has 4 nitrogen and oxygen atoms in total. The summed E-state index contributed by atoms with van der Waals surface area (Å²) in [6, 6.07) is 0.170. The maximum Gasteiger partial charge on any atom is 0.227 e. The Kier molecular flexibility index (Phi) is 5.05. The topological polar surface area (TPSA) is 50.4 Å². The Morgan fingerprint density at radius 1 is 1.47 bits per heavy atom. The van der Waals surface area contributed by atoms with Crippen molar-refractivity contribution in [3.05, 3.63) is 0 Å². The second-order valence-corrected chi connectivity index (χ2v) is 4.51. The van der Waals surface area contributed by atoms with Crippen molar-refractivity contribution in [2.24, 2.45) is 11.8 Å². The van der Waals surface area contributed by atoms with Gasteiger partial charge in [-0.1, -0.05) is 13.8 Å². The molecule has 15 heavy (non-hydrogen) atoms. The van der Waals surface area contributed by atoms with E-state index in [1.54, 1.807) is 0 Å². The van der Waals surface area contributed by atoms with Gasteiger partial charge in [0.1, 0.15) is 0 Å². The molecule has 1 aliphatic rings. The summed E-state index contributed by atoms with van der Waals surface area (Å²) in [5.74, 6) is 0.722. The fourth-order valence-electron chi connectivity index (χ4n) is 1.71. The van der Waals surface area contributed by atoms with Gasteiger partial charge >= 0.3 is 0 Å². The minimum Gasteiger partial charge on any atom is -0.379 e. The average Bonchev–Trinajstić information content (AvgIpc) is 2.64. The third kappa shape index (κ3) is 3.80. The molecule has 1 rings (SSSR count). The molecule has 2 unspecified atom stereocenters. The van der Waals surface area contributed by atoms with Gasteiger partial charge in [-0.25, -0.2) is 0 Å². The molecule has 0 spiro atoms. The van der Waals surface area contributed by atoms with Gasteiger partial charge in [0.25, 0.3) is 0 Å². The van der Waals surface area contributed by atoms with Gasteiger partial charge in [0.05, 0.1) is 19.1 Å². The van der Waals surface area contributed by atoms with Crippen LogP contribution in [0.15, 0.2) is 0 Å².